The summed E-state index contributed by atoms with van der Waals surface area (Å²) in [6.07, 6.45) is 9.02. The fraction of sp³-hybridized carbons (Fsp3) is 0.850. The summed E-state index contributed by atoms with van der Waals surface area (Å²) < 4.78 is 0. The van der Waals surface area contributed by atoms with Gasteiger partial charge in [0.15, 0.2) is 0 Å². The lowest BCUT2D eigenvalue weighted by Crippen LogP contribution is -2.50. The van der Waals surface area contributed by atoms with Crippen LogP contribution >= 0.6 is 0 Å². The van der Waals surface area contributed by atoms with Gasteiger partial charge in [-0.3, -0.25) is 14.4 Å². The molecule has 2 atom stereocenters. The van der Waals surface area contributed by atoms with E-state index in [9.17, 15) is 19.5 Å². The maximum atomic E-state index is 12.9. The van der Waals surface area contributed by atoms with Crippen molar-refractivity contribution >= 4 is 17.8 Å². The zero-order valence-electron chi connectivity index (χ0n) is 15.8. The summed E-state index contributed by atoms with van der Waals surface area (Å²) in [5, 5.41) is 12.5. The van der Waals surface area contributed by atoms with Gasteiger partial charge in [0, 0.05) is 30.5 Å². The number of hydrogen-bond acceptors (Lipinski definition) is 3. The third kappa shape index (κ3) is 4.38. The molecule has 0 aromatic rings. The number of carbonyl (C=O) groups excluding carboxylic acids is 2. The molecule has 2 saturated carbocycles. The van der Waals surface area contributed by atoms with Crippen LogP contribution in [0.1, 0.15) is 71.1 Å². The minimum Gasteiger partial charge on any atom is -0.481 e. The minimum absolute atomic E-state index is 0.0235. The van der Waals surface area contributed by atoms with E-state index in [-0.39, 0.29) is 35.7 Å². The van der Waals surface area contributed by atoms with E-state index in [1.54, 1.807) is 4.90 Å². The molecule has 0 aromatic heterocycles. The second kappa shape index (κ2) is 8.40. The van der Waals surface area contributed by atoms with Crippen LogP contribution in [0.25, 0.3) is 0 Å². The Kier molecular flexibility index (Phi) is 6.20. The summed E-state index contributed by atoms with van der Waals surface area (Å²) in [7, 11) is 0. The molecule has 3 aliphatic rings. The van der Waals surface area contributed by atoms with E-state index in [0.29, 0.717) is 13.0 Å². The van der Waals surface area contributed by atoms with Crippen molar-refractivity contribution in [2.24, 2.45) is 17.8 Å². The molecule has 2 unspecified atom stereocenters. The number of rotatable bonds is 4. The standard InChI is InChI=1S/C20H32N2O4/c1-13-6-7-16(20(25)26)12-22(13)19(24)15-8-10-17(11-9-15)21-18(23)14-4-2-3-5-14/h13-17H,2-12H2,1H3,(H,21,23)(H,25,26). The van der Waals surface area contributed by atoms with Gasteiger partial charge in [-0.2, -0.15) is 0 Å². The average molecular weight is 364 g/mol. The Labute approximate surface area is 155 Å². The molecule has 2 amide bonds. The SMILES string of the molecule is CC1CCC(C(=O)O)CN1C(=O)C1CCC(NC(=O)C2CCCC2)CC1. The van der Waals surface area contributed by atoms with Gasteiger partial charge in [0.2, 0.25) is 11.8 Å². The van der Waals surface area contributed by atoms with Crippen molar-refractivity contribution in [3.05, 3.63) is 0 Å². The molecule has 0 spiro atoms. The summed E-state index contributed by atoms with van der Waals surface area (Å²) in [6.45, 7) is 2.36. The first-order valence-corrected chi connectivity index (χ1v) is 10.3. The van der Waals surface area contributed by atoms with Crippen molar-refractivity contribution in [1.82, 2.24) is 10.2 Å². The van der Waals surface area contributed by atoms with Gasteiger partial charge in [-0.15, -0.1) is 0 Å². The topological polar surface area (TPSA) is 86.7 Å². The molecule has 6 heteroatoms. The van der Waals surface area contributed by atoms with Crippen LogP contribution in [0.5, 0.6) is 0 Å². The molecule has 1 aliphatic heterocycles. The van der Waals surface area contributed by atoms with Crippen LogP contribution in [0, 0.1) is 17.8 Å². The molecule has 2 N–H and O–H groups in total. The Hall–Kier alpha value is -1.59. The summed E-state index contributed by atoms with van der Waals surface area (Å²) >= 11 is 0. The lowest BCUT2D eigenvalue weighted by molar-refractivity contribution is -0.149. The highest BCUT2D eigenvalue weighted by atomic mass is 16.4. The van der Waals surface area contributed by atoms with Gasteiger partial charge in [0.05, 0.1) is 5.92 Å². The Morgan fingerprint density at radius 2 is 1.46 bits per heavy atom. The van der Waals surface area contributed by atoms with Gasteiger partial charge in [0.1, 0.15) is 0 Å². The normalized spacial score (nSPS) is 33.0. The van der Waals surface area contributed by atoms with Crippen molar-refractivity contribution < 1.29 is 19.5 Å². The van der Waals surface area contributed by atoms with Crippen molar-refractivity contribution in [2.75, 3.05) is 6.54 Å². The molecule has 0 radical (unpaired) electrons. The number of carboxylic acids is 1. The second-order valence-corrected chi connectivity index (χ2v) is 8.49. The number of piperidine rings is 1. The maximum Gasteiger partial charge on any atom is 0.308 e. The molecule has 0 bridgehead atoms. The molecule has 6 nitrogen and oxygen atoms in total. The van der Waals surface area contributed by atoms with Crippen molar-refractivity contribution in [3.8, 4) is 0 Å². The molecule has 3 fully saturated rings. The molecule has 146 valence electrons. The van der Waals surface area contributed by atoms with E-state index in [4.69, 9.17) is 0 Å². The number of carboxylic acid groups (broad SMARTS) is 1. The fourth-order valence-electron chi connectivity index (χ4n) is 4.84. The predicted octanol–water partition coefficient (Wildman–Crippen LogP) is 2.56. The van der Waals surface area contributed by atoms with Gasteiger partial charge in [-0.1, -0.05) is 12.8 Å². The molecular formula is C20H32N2O4. The van der Waals surface area contributed by atoms with E-state index in [1.165, 1.54) is 0 Å². The van der Waals surface area contributed by atoms with E-state index in [1.807, 2.05) is 6.92 Å². The first-order chi connectivity index (χ1) is 12.5. The van der Waals surface area contributed by atoms with Gasteiger partial charge in [-0.05, 0) is 58.3 Å². The lowest BCUT2D eigenvalue weighted by Gasteiger charge is -2.40. The molecule has 2 aliphatic carbocycles. The number of amides is 2. The highest BCUT2D eigenvalue weighted by Gasteiger charge is 2.37. The lowest BCUT2D eigenvalue weighted by atomic mass is 9.83. The summed E-state index contributed by atoms with van der Waals surface area (Å²) in [4.78, 5) is 38.3. The van der Waals surface area contributed by atoms with Crippen LogP contribution in [0.4, 0.5) is 0 Å². The highest BCUT2D eigenvalue weighted by molar-refractivity contribution is 5.81. The monoisotopic (exact) mass is 364 g/mol. The molecule has 3 rings (SSSR count). The van der Waals surface area contributed by atoms with Gasteiger partial charge in [0.25, 0.3) is 0 Å². The summed E-state index contributed by atoms with van der Waals surface area (Å²) in [6, 6.07) is 0.315. The molecule has 1 heterocycles. The Morgan fingerprint density at radius 3 is 2.08 bits per heavy atom. The third-order valence-electron chi connectivity index (χ3n) is 6.66. The van der Waals surface area contributed by atoms with Crippen LogP contribution < -0.4 is 5.32 Å². The van der Waals surface area contributed by atoms with Crippen molar-refractivity contribution in [3.63, 3.8) is 0 Å². The Balaban J connectivity index is 1.48. The zero-order valence-corrected chi connectivity index (χ0v) is 15.8. The Morgan fingerprint density at radius 1 is 0.846 bits per heavy atom. The number of nitrogens with zero attached hydrogens (tertiary/aromatic N) is 1. The van der Waals surface area contributed by atoms with Gasteiger partial charge in [-0.25, -0.2) is 0 Å². The number of likely N-dealkylation sites (tertiary alicyclic amines) is 1. The quantitative estimate of drug-likeness (QED) is 0.803. The van der Waals surface area contributed by atoms with E-state index in [0.717, 1.165) is 57.8 Å². The number of nitrogens with one attached hydrogen (secondary N) is 1. The van der Waals surface area contributed by atoms with Crippen LogP contribution in [0.3, 0.4) is 0 Å². The highest BCUT2D eigenvalue weighted by Crippen LogP contribution is 2.31. The Bertz CT molecular complexity index is 536. The number of carbonyl (C=O) groups is 3. The molecule has 1 saturated heterocycles. The smallest absolute Gasteiger partial charge is 0.308 e. The first-order valence-electron chi connectivity index (χ1n) is 10.3. The summed E-state index contributed by atoms with van der Waals surface area (Å²) in [5.41, 5.74) is 0. The number of aliphatic carboxylic acids is 1. The van der Waals surface area contributed by atoms with Crippen LogP contribution in [-0.2, 0) is 14.4 Å². The first kappa shape index (κ1) is 19.2. The molecule has 26 heavy (non-hydrogen) atoms. The van der Waals surface area contributed by atoms with Crippen LogP contribution in [-0.4, -0.2) is 46.4 Å². The van der Waals surface area contributed by atoms with E-state index >= 15 is 0 Å². The van der Waals surface area contributed by atoms with Gasteiger partial charge >= 0.3 is 5.97 Å². The summed E-state index contributed by atoms with van der Waals surface area (Å²) in [5.74, 6) is -0.749. The zero-order chi connectivity index (χ0) is 18.7. The predicted molar refractivity (Wildman–Crippen MR) is 97.4 cm³/mol. The average Bonchev–Trinajstić information content (AvgIpc) is 3.17. The second-order valence-electron chi connectivity index (χ2n) is 8.49. The largest absolute Gasteiger partial charge is 0.481 e. The number of hydrogen-bond donors (Lipinski definition) is 2. The minimum atomic E-state index is -0.798. The van der Waals surface area contributed by atoms with Crippen LogP contribution in [0.15, 0.2) is 0 Å². The fourth-order valence-corrected chi connectivity index (χ4v) is 4.84. The third-order valence-corrected chi connectivity index (χ3v) is 6.66. The van der Waals surface area contributed by atoms with Crippen LogP contribution in [0.2, 0.25) is 0 Å². The van der Waals surface area contributed by atoms with Crippen molar-refractivity contribution in [2.45, 2.75) is 83.2 Å². The molecular weight excluding hydrogens is 332 g/mol. The van der Waals surface area contributed by atoms with E-state index in [2.05, 4.69) is 5.32 Å². The molecule has 0 aromatic carbocycles. The van der Waals surface area contributed by atoms with Crippen molar-refractivity contribution in [1.29, 1.82) is 0 Å². The van der Waals surface area contributed by atoms with Gasteiger partial charge < -0.3 is 15.3 Å². The maximum absolute atomic E-state index is 12.9. The van der Waals surface area contributed by atoms with E-state index < -0.39 is 11.9 Å².